The van der Waals surface area contributed by atoms with Crippen molar-refractivity contribution in [3.8, 4) is 11.1 Å². The summed E-state index contributed by atoms with van der Waals surface area (Å²) < 4.78 is 15.6. The Balaban J connectivity index is 2.19. The van der Waals surface area contributed by atoms with Crippen molar-refractivity contribution in [3.63, 3.8) is 0 Å². The van der Waals surface area contributed by atoms with Crippen LogP contribution in [0.1, 0.15) is 27.4 Å². The second-order valence-corrected chi connectivity index (χ2v) is 5.70. The molecule has 0 radical (unpaired) electrons. The van der Waals surface area contributed by atoms with Gasteiger partial charge in [0.25, 0.3) is 5.91 Å². The molecule has 0 bridgehead atoms. The summed E-state index contributed by atoms with van der Waals surface area (Å²) in [6.07, 6.45) is 1.73. The number of nitrogens with zero attached hydrogens (tertiary/aromatic N) is 2. The SMILES string of the molecule is Cc1c(C(N)=O)c(-c2cccc(F)c2)c(C)n1Cc1ccccn1. The number of nitrogens with two attached hydrogens (primary N) is 1. The number of rotatable bonds is 4. The molecule has 5 heteroatoms. The molecule has 24 heavy (non-hydrogen) atoms. The molecule has 0 fully saturated rings. The molecule has 1 amide bonds. The number of pyridine rings is 1. The molecule has 0 saturated heterocycles. The molecule has 0 aliphatic rings. The van der Waals surface area contributed by atoms with Crippen LogP contribution in [0, 0.1) is 19.7 Å². The lowest BCUT2D eigenvalue weighted by atomic mass is 10.00. The lowest BCUT2D eigenvalue weighted by Crippen LogP contribution is -2.13. The third-order valence-electron chi connectivity index (χ3n) is 4.19. The second-order valence-electron chi connectivity index (χ2n) is 5.70. The van der Waals surface area contributed by atoms with Crippen LogP contribution in [0.3, 0.4) is 0 Å². The number of amides is 1. The topological polar surface area (TPSA) is 60.9 Å². The van der Waals surface area contributed by atoms with E-state index in [0.29, 0.717) is 23.2 Å². The van der Waals surface area contributed by atoms with E-state index in [1.54, 1.807) is 18.3 Å². The van der Waals surface area contributed by atoms with Crippen molar-refractivity contribution in [3.05, 3.63) is 77.1 Å². The van der Waals surface area contributed by atoms with Gasteiger partial charge < -0.3 is 10.3 Å². The average Bonchev–Trinajstić information content (AvgIpc) is 2.80. The Bertz CT molecular complexity index is 900. The third kappa shape index (κ3) is 2.80. The Kier molecular flexibility index (Phi) is 4.16. The fourth-order valence-corrected chi connectivity index (χ4v) is 3.07. The Morgan fingerprint density at radius 3 is 2.58 bits per heavy atom. The van der Waals surface area contributed by atoms with Crippen LogP contribution in [0.15, 0.2) is 48.7 Å². The highest BCUT2D eigenvalue weighted by molar-refractivity contribution is 6.02. The van der Waals surface area contributed by atoms with Crippen LogP contribution in [0.5, 0.6) is 0 Å². The lowest BCUT2D eigenvalue weighted by Gasteiger charge is -2.09. The zero-order valence-electron chi connectivity index (χ0n) is 13.6. The Hall–Kier alpha value is -2.95. The van der Waals surface area contributed by atoms with Gasteiger partial charge >= 0.3 is 0 Å². The predicted molar refractivity (Wildman–Crippen MR) is 91.2 cm³/mol. The molecule has 2 N–H and O–H groups in total. The van der Waals surface area contributed by atoms with Crippen molar-refractivity contribution in [1.29, 1.82) is 0 Å². The van der Waals surface area contributed by atoms with Crippen molar-refractivity contribution >= 4 is 5.91 Å². The van der Waals surface area contributed by atoms with Crippen LogP contribution < -0.4 is 5.73 Å². The molecule has 0 spiro atoms. The number of hydrogen-bond acceptors (Lipinski definition) is 2. The fourth-order valence-electron chi connectivity index (χ4n) is 3.07. The highest BCUT2D eigenvalue weighted by Crippen LogP contribution is 2.33. The van der Waals surface area contributed by atoms with Gasteiger partial charge in [-0.1, -0.05) is 18.2 Å². The van der Waals surface area contributed by atoms with Crippen LogP contribution in [-0.4, -0.2) is 15.5 Å². The zero-order chi connectivity index (χ0) is 17.3. The molecule has 4 nitrogen and oxygen atoms in total. The van der Waals surface area contributed by atoms with Gasteiger partial charge in [0, 0.05) is 23.1 Å². The Morgan fingerprint density at radius 2 is 1.96 bits per heavy atom. The van der Waals surface area contributed by atoms with Crippen molar-refractivity contribution < 1.29 is 9.18 Å². The highest BCUT2D eigenvalue weighted by Gasteiger charge is 2.23. The Labute approximate surface area is 139 Å². The summed E-state index contributed by atoms with van der Waals surface area (Å²) in [6, 6.07) is 11.9. The van der Waals surface area contributed by atoms with E-state index in [-0.39, 0.29) is 5.82 Å². The fraction of sp³-hybridized carbons (Fsp3) is 0.158. The smallest absolute Gasteiger partial charge is 0.251 e. The molecule has 0 aliphatic heterocycles. The number of carbonyl (C=O) groups is 1. The van der Waals surface area contributed by atoms with Gasteiger partial charge in [-0.25, -0.2) is 4.39 Å². The molecule has 0 saturated carbocycles. The average molecular weight is 323 g/mol. The minimum Gasteiger partial charge on any atom is -0.366 e. The maximum atomic E-state index is 13.6. The first kappa shape index (κ1) is 15.9. The van der Waals surface area contributed by atoms with Gasteiger partial charge in [-0.05, 0) is 43.7 Å². The van der Waals surface area contributed by atoms with Crippen molar-refractivity contribution in [2.24, 2.45) is 5.73 Å². The molecule has 0 atom stereocenters. The summed E-state index contributed by atoms with van der Waals surface area (Å²) in [5.41, 5.74) is 9.84. The summed E-state index contributed by atoms with van der Waals surface area (Å²) >= 11 is 0. The number of halogens is 1. The third-order valence-corrected chi connectivity index (χ3v) is 4.19. The predicted octanol–water partition coefficient (Wildman–Crippen LogP) is 3.45. The number of benzene rings is 1. The molecule has 3 aromatic rings. The number of primary amides is 1. The summed E-state index contributed by atoms with van der Waals surface area (Å²) in [4.78, 5) is 16.3. The quantitative estimate of drug-likeness (QED) is 0.799. The number of aromatic nitrogens is 2. The van der Waals surface area contributed by atoms with Gasteiger partial charge in [0.05, 0.1) is 17.8 Å². The van der Waals surface area contributed by atoms with E-state index >= 15 is 0 Å². The summed E-state index contributed by atoms with van der Waals surface area (Å²) in [7, 11) is 0. The number of hydrogen-bond donors (Lipinski definition) is 1. The van der Waals surface area contributed by atoms with Crippen LogP contribution in [-0.2, 0) is 6.54 Å². The Morgan fingerprint density at radius 1 is 1.17 bits per heavy atom. The second kappa shape index (κ2) is 6.28. The first-order chi connectivity index (χ1) is 11.5. The minimum atomic E-state index is -0.519. The number of carbonyl (C=O) groups excluding carboxylic acids is 1. The van der Waals surface area contributed by atoms with Gasteiger partial charge in [0.2, 0.25) is 0 Å². The maximum Gasteiger partial charge on any atom is 0.251 e. The van der Waals surface area contributed by atoms with E-state index in [0.717, 1.165) is 17.1 Å². The molecular weight excluding hydrogens is 305 g/mol. The molecule has 0 unspecified atom stereocenters. The van der Waals surface area contributed by atoms with Crippen LogP contribution in [0.4, 0.5) is 4.39 Å². The summed E-state index contributed by atoms with van der Waals surface area (Å²) in [6.45, 7) is 4.27. The van der Waals surface area contributed by atoms with E-state index in [2.05, 4.69) is 4.98 Å². The first-order valence-electron chi connectivity index (χ1n) is 7.64. The zero-order valence-corrected chi connectivity index (χ0v) is 13.6. The van der Waals surface area contributed by atoms with E-state index in [4.69, 9.17) is 5.73 Å². The van der Waals surface area contributed by atoms with Crippen LogP contribution in [0.2, 0.25) is 0 Å². The molecule has 2 aromatic heterocycles. The summed E-state index contributed by atoms with van der Waals surface area (Å²) in [5, 5.41) is 0. The molecular formula is C19H18FN3O. The molecule has 3 rings (SSSR count). The highest BCUT2D eigenvalue weighted by atomic mass is 19.1. The summed E-state index contributed by atoms with van der Waals surface area (Å²) in [5.74, 6) is -0.868. The molecule has 1 aromatic carbocycles. The van der Waals surface area contributed by atoms with E-state index < -0.39 is 5.91 Å². The standard InChI is InChI=1S/C19H18FN3O/c1-12-17(14-6-5-7-15(20)10-14)18(19(21)24)13(2)23(12)11-16-8-3-4-9-22-16/h3-10H,11H2,1-2H3,(H2,21,24). The van der Waals surface area contributed by atoms with Crippen LogP contribution in [0.25, 0.3) is 11.1 Å². The van der Waals surface area contributed by atoms with E-state index in [1.807, 2.05) is 36.6 Å². The van der Waals surface area contributed by atoms with Gasteiger partial charge in [-0.2, -0.15) is 0 Å². The van der Waals surface area contributed by atoms with Gasteiger partial charge in [-0.15, -0.1) is 0 Å². The molecule has 122 valence electrons. The maximum absolute atomic E-state index is 13.6. The van der Waals surface area contributed by atoms with Crippen molar-refractivity contribution in [2.45, 2.75) is 20.4 Å². The largest absolute Gasteiger partial charge is 0.366 e. The van der Waals surface area contributed by atoms with E-state index in [9.17, 15) is 9.18 Å². The van der Waals surface area contributed by atoms with Gasteiger partial charge in [0.15, 0.2) is 0 Å². The normalized spacial score (nSPS) is 10.8. The molecule has 2 heterocycles. The monoisotopic (exact) mass is 323 g/mol. The van der Waals surface area contributed by atoms with Gasteiger partial charge in [-0.3, -0.25) is 9.78 Å². The lowest BCUT2D eigenvalue weighted by molar-refractivity contribution is 0.1000. The van der Waals surface area contributed by atoms with Gasteiger partial charge in [0.1, 0.15) is 5.82 Å². The first-order valence-corrected chi connectivity index (χ1v) is 7.64. The van der Waals surface area contributed by atoms with Crippen molar-refractivity contribution in [2.75, 3.05) is 0 Å². The van der Waals surface area contributed by atoms with Crippen molar-refractivity contribution in [1.82, 2.24) is 9.55 Å². The van der Waals surface area contributed by atoms with E-state index in [1.165, 1.54) is 12.1 Å². The van der Waals surface area contributed by atoms with Crippen LogP contribution >= 0.6 is 0 Å². The minimum absolute atomic E-state index is 0.350. The molecule has 0 aliphatic carbocycles.